The zero-order valence-corrected chi connectivity index (χ0v) is 19.9. The van der Waals surface area contributed by atoms with Crippen LogP contribution in [0.5, 0.6) is 5.75 Å². The Balaban J connectivity index is 1.47. The van der Waals surface area contributed by atoms with Crippen LogP contribution in [-0.4, -0.2) is 43.8 Å². The van der Waals surface area contributed by atoms with Gasteiger partial charge < -0.3 is 9.64 Å². The van der Waals surface area contributed by atoms with E-state index in [0.29, 0.717) is 18.5 Å². The summed E-state index contributed by atoms with van der Waals surface area (Å²) in [6.45, 7) is 4.68. The SMILES string of the molecule is COc1ccccc1Cc1cc(C(=O)N2CCCC[C@@H]2c2nc(C)cc3cnc(C)n23)ccn1. The Hall–Kier alpha value is -3.74. The van der Waals surface area contributed by atoms with Crippen LogP contribution in [-0.2, 0) is 6.42 Å². The number of amides is 1. The number of nitrogens with zero attached hydrogens (tertiary/aromatic N) is 5. The van der Waals surface area contributed by atoms with Crippen LogP contribution < -0.4 is 4.74 Å². The molecule has 1 amide bonds. The molecule has 0 N–H and O–H groups in total. The lowest BCUT2D eigenvalue weighted by molar-refractivity contribution is 0.0597. The minimum absolute atomic E-state index is 0.0163. The Kier molecular flexibility index (Phi) is 6.01. The number of benzene rings is 1. The Morgan fingerprint density at radius 2 is 1.97 bits per heavy atom. The minimum Gasteiger partial charge on any atom is -0.496 e. The first-order valence-corrected chi connectivity index (χ1v) is 11.7. The van der Waals surface area contributed by atoms with Crippen molar-refractivity contribution < 1.29 is 9.53 Å². The number of para-hydroxylation sites is 1. The van der Waals surface area contributed by atoms with E-state index >= 15 is 0 Å². The van der Waals surface area contributed by atoms with E-state index in [1.807, 2.05) is 61.3 Å². The number of aromatic nitrogens is 4. The van der Waals surface area contributed by atoms with E-state index in [-0.39, 0.29) is 11.9 Å². The Labute approximate surface area is 199 Å². The van der Waals surface area contributed by atoms with Gasteiger partial charge in [-0.1, -0.05) is 18.2 Å². The number of pyridine rings is 1. The van der Waals surface area contributed by atoms with Crippen LogP contribution in [0, 0.1) is 13.8 Å². The van der Waals surface area contributed by atoms with Crippen molar-refractivity contribution >= 4 is 11.4 Å². The first-order valence-electron chi connectivity index (χ1n) is 11.7. The molecule has 7 nitrogen and oxygen atoms in total. The van der Waals surface area contributed by atoms with Crippen LogP contribution in [0.25, 0.3) is 5.52 Å². The number of carbonyl (C=O) groups excluding carboxylic acids is 1. The van der Waals surface area contributed by atoms with Gasteiger partial charge in [0, 0.05) is 41.7 Å². The van der Waals surface area contributed by atoms with Gasteiger partial charge in [-0.3, -0.25) is 14.2 Å². The van der Waals surface area contributed by atoms with Gasteiger partial charge in [-0.2, -0.15) is 0 Å². The zero-order valence-electron chi connectivity index (χ0n) is 19.9. The molecule has 1 fully saturated rings. The summed E-state index contributed by atoms with van der Waals surface area (Å²) in [6, 6.07) is 13.6. The van der Waals surface area contributed by atoms with Crippen molar-refractivity contribution in [1.82, 2.24) is 24.3 Å². The van der Waals surface area contributed by atoms with Gasteiger partial charge in [-0.15, -0.1) is 0 Å². The van der Waals surface area contributed by atoms with Crippen LogP contribution in [0.2, 0.25) is 0 Å². The van der Waals surface area contributed by atoms with Crippen LogP contribution in [0.15, 0.2) is 54.9 Å². The van der Waals surface area contributed by atoms with E-state index in [4.69, 9.17) is 9.72 Å². The molecule has 174 valence electrons. The number of piperidine rings is 1. The van der Waals surface area contributed by atoms with Crippen molar-refractivity contribution in [2.45, 2.75) is 45.6 Å². The van der Waals surface area contributed by atoms with Gasteiger partial charge >= 0.3 is 0 Å². The number of rotatable bonds is 5. The molecule has 34 heavy (non-hydrogen) atoms. The molecular formula is C27H29N5O2. The summed E-state index contributed by atoms with van der Waals surface area (Å²) in [5.41, 5.74) is 4.48. The number of imidazole rings is 1. The van der Waals surface area contributed by atoms with Crippen LogP contribution >= 0.6 is 0 Å². The summed E-state index contributed by atoms with van der Waals surface area (Å²) in [5, 5.41) is 0. The first-order chi connectivity index (χ1) is 16.5. The molecule has 0 spiro atoms. The van der Waals surface area contributed by atoms with Crippen molar-refractivity contribution in [2.75, 3.05) is 13.7 Å². The molecule has 0 radical (unpaired) electrons. The van der Waals surface area contributed by atoms with Gasteiger partial charge in [0.1, 0.15) is 17.4 Å². The number of hydrogen-bond acceptors (Lipinski definition) is 5. The summed E-state index contributed by atoms with van der Waals surface area (Å²) in [6.07, 6.45) is 7.13. The average molecular weight is 456 g/mol. The number of methoxy groups -OCH3 is 1. The number of carbonyl (C=O) groups is 1. The summed E-state index contributed by atoms with van der Waals surface area (Å²) >= 11 is 0. The number of likely N-dealkylation sites (tertiary alicyclic amines) is 1. The van der Waals surface area contributed by atoms with Crippen molar-refractivity contribution in [3.8, 4) is 5.75 Å². The fourth-order valence-corrected chi connectivity index (χ4v) is 4.92. The lowest BCUT2D eigenvalue weighted by Gasteiger charge is -2.36. The second kappa shape index (κ2) is 9.25. The molecule has 1 saturated heterocycles. The van der Waals surface area contributed by atoms with Gasteiger partial charge in [0.05, 0.1) is 24.9 Å². The number of ether oxygens (including phenoxy) is 1. The molecule has 0 unspecified atom stereocenters. The maximum absolute atomic E-state index is 13.8. The van der Waals surface area contributed by atoms with Gasteiger partial charge in [-0.25, -0.2) is 9.97 Å². The fourth-order valence-electron chi connectivity index (χ4n) is 4.92. The highest BCUT2D eigenvalue weighted by atomic mass is 16.5. The lowest BCUT2D eigenvalue weighted by atomic mass is 9.99. The average Bonchev–Trinajstić information content (AvgIpc) is 3.24. The van der Waals surface area contributed by atoms with Crippen LogP contribution in [0.1, 0.15) is 64.3 Å². The molecule has 3 aromatic heterocycles. The molecule has 1 aliphatic rings. The maximum Gasteiger partial charge on any atom is 0.254 e. The monoisotopic (exact) mass is 455 g/mol. The molecule has 0 bridgehead atoms. The van der Waals surface area contributed by atoms with E-state index in [0.717, 1.165) is 59.1 Å². The summed E-state index contributed by atoms with van der Waals surface area (Å²) in [7, 11) is 1.67. The van der Waals surface area contributed by atoms with Gasteiger partial charge in [-0.05, 0) is 57.4 Å². The third kappa shape index (κ3) is 4.14. The van der Waals surface area contributed by atoms with E-state index in [1.165, 1.54) is 0 Å². The molecule has 7 heteroatoms. The van der Waals surface area contributed by atoms with Gasteiger partial charge in [0.2, 0.25) is 0 Å². The highest BCUT2D eigenvalue weighted by Gasteiger charge is 2.32. The molecule has 0 saturated carbocycles. The van der Waals surface area contributed by atoms with Crippen LogP contribution in [0.4, 0.5) is 0 Å². The third-order valence-corrected chi connectivity index (χ3v) is 6.53. The topological polar surface area (TPSA) is 72.6 Å². The Morgan fingerprint density at radius 1 is 1.12 bits per heavy atom. The van der Waals surface area contributed by atoms with E-state index in [9.17, 15) is 4.79 Å². The molecule has 4 heterocycles. The molecule has 4 aromatic rings. The zero-order chi connectivity index (χ0) is 23.7. The highest BCUT2D eigenvalue weighted by molar-refractivity contribution is 5.94. The normalized spacial score (nSPS) is 16.1. The summed E-state index contributed by atoms with van der Waals surface area (Å²) in [5.74, 6) is 2.62. The van der Waals surface area contributed by atoms with Crippen molar-refractivity contribution in [2.24, 2.45) is 0 Å². The molecular weight excluding hydrogens is 426 g/mol. The molecule has 0 aliphatic carbocycles. The smallest absolute Gasteiger partial charge is 0.254 e. The number of aryl methyl sites for hydroxylation is 2. The van der Waals surface area contributed by atoms with Crippen molar-refractivity contribution in [3.63, 3.8) is 0 Å². The molecule has 1 atom stereocenters. The second-order valence-electron chi connectivity index (χ2n) is 8.86. The third-order valence-electron chi connectivity index (χ3n) is 6.53. The predicted molar refractivity (Wildman–Crippen MR) is 130 cm³/mol. The fraction of sp³-hybridized carbons (Fsp3) is 0.333. The van der Waals surface area contributed by atoms with Crippen LogP contribution in [0.3, 0.4) is 0 Å². The quantitative estimate of drug-likeness (QED) is 0.436. The van der Waals surface area contributed by atoms with Gasteiger partial charge in [0.25, 0.3) is 5.91 Å². The first kappa shape index (κ1) is 22.1. The van der Waals surface area contributed by atoms with E-state index < -0.39 is 0 Å². The maximum atomic E-state index is 13.8. The van der Waals surface area contributed by atoms with E-state index in [1.54, 1.807) is 19.4 Å². The number of hydrogen-bond donors (Lipinski definition) is 0. The predicted octanol–water partition coefficient (Wildman–Crippen LogP) is 4.71. The minimum atomic E-state index is -0.0950. The summed E-state index contributed by atoms with van der Waals surface area (Å²) < 4.78 is 7.57. The molecule has 1 aliphatic heterocycles. The van der Waals surface area contributed by atoms with Crippen molar-refractivity contribution in [1.29, 1.82) is 0 Å². The number of fused-ring (bicyclic) bond motifs is 1. The molecule has 5 rings (SSSR count). The van der Waals surface area contributed by atoms with Gasteiger partial charge in [0.15, 0.2) is 0 Å². The second-order valence-corrected chi connectivity index (χ2v) is 8.86. The lowest BCUT2D eigenvalue weighted by Crippen LogP contribution is -2.40. The molecule has 1 aromatic carbocycles. The van der Waals surface area contributed by atoms with E-state index in [2.05, 4.69) is 14.4 Å². The Morgan fingerprint density at radius 3 is 2.82 bits per heavy atom. The Bertz CT molecular complexity index is 1350. The highest BCUT2D eigenvalue weighted by Crippen LogP contribution is 2.32. The summed E-state index contributed by atoms with van der Waals surface area (Å²) in [4.78, 5) is 29.6. The standard InChI is InChI=1S/C27H29N5O2/c1-18-14-23-17-29-19(2)32(23)26(30-18)24-9-6-7-13-31(24)27(33)21-11-12-28-22(16-21)15-20-8-4-5-10-25(20)34-3/h4-5,8,10-12,14,16-17,24H,6-7,9,13,15H2,1-3H3/t24-/m1/s1. The van der Waals surface area contributed by atoms with Crippen molar-refractivity contribution in [3.05, 3.63) is 89.0 Å². The largest absolute Gasteiger partial charge is 0.496 e.